The lowest BCUT2D eigenvalue weighted by Crippen LogP contribution is -2.62. The van der Waals surface area contributed by atoms with Crippen LogP contribution in [0.2, 0.25) is 0 Å². The van der Waals surface area contributed by atoms with Crippen LogP contribution in [0.15, 0.2) is 24.3 Å². The number of nitrogens with one attached hydrogen (secondary N) is 1. The van der Waals surface area contributed by atoms with Gasteiger partial charge in [-0.3, -0.25) is 0 Å². The summed E-state index contributed by atoms with van der Waals surface area (Å²) in [6.07, 6.45) is 0. The summed E-state index contributed by atoms with van der Waals surface area (Å²) < 4.78 is 0. The fourth-order valence-electron chi connectivity index (χ4n) is 2.70. The van der Waals surface area contributed by atoms with Crippen LogP contribution < -0.4 is 10.2 Å². The van der Waals surface area contributed by atoms with E-state index in [2.05, 4.69) is 37.1 Å². The summed E-state index contributed by atoms with van der Waals surface area (Å²) in [5.74, 6) is 0. The summed E-state index contributed by atoms with van der Waals surface area (Å²) in [5.41, 5.74) is 1.84. The Labute approximate surface area is 103 Å². The van der Waals surface area contributed by atoms with E-state index in [4.69, 9.17) is 0 Å². The molecule has 1 saturated heterocycles. The quantitative estimate of drug-likeness (QED) is 0.802. The lowest BCUT2D eigenvalue weighted by molar-refractivity contribution is 0.333. The minimum absolute atomic E-state index is 0.0324. The van der Waals surface area contributed by atoms with Gasteiger partial charge in [-0.15, -0.1) is 0 Å². The average molecular weight is 229 g/mol. The summed E-state index contributed by atoms with van der Waals surface area (Å²) in [6.45, 7) is 8.52. The van der Waals surface area contributed by atoms with E-state index in [0.29, 0.717) is 6.04 Å². The van der Waals surface area contributed by atoms with Crippen molar-refractivity contribution in [2.75, 3.05) is 18.0 Å². The molecule has 0 amide bonds. The molecule has 1 aromatic carbocycles. The zero-order valence-corrected chi connectivity index (χ0v) is 10.7. The van der Waals surface area contributed by atoms with Crippen LogP contribution in [0.3, 0.4) is 0 Å². The molecule has 0 aromatic heterocycles. The van der Waals surface area contributed by atoms with Gasteiger partial charge >= 0.3 is 0 Å². The molecular formula is C14H19N3. The van der Waals surface area contributed by atoms with E-state index >= 15 is 0 Å². The van der Waals surface area contributed by atoms with Gasteiger partial charge in [0.05, 0.1) is 11.3 Å². The summed E-state index contributed by atoms with van der Waals surface area (Å²) in [7, 11) is 0. The highest BCUT2D eigenvalue weighted by atomic mass is 15.3. The maximum Gasteiger partial charge on any atom is 0.101 e. The van der Waals surface area contributed by atoms with E-state index in [0.717, 1.165) is 24.3 Å². The molecule has 1 aliphatic heterocycles. The minimum atomic E-state index is 0.0324. The standard InChI is InChI=1S/C14H19N3/c1-11-9-16-10-14(2,3)17(11)13-7-5-4-6-12(13)8-15/h4-7,11,16H,9-10H2,1-3H3. The maximum absolute atomic E-state index is 9.21. The number of hydrogen-bond acceptors (Lipinski definition) is 3. The van der Waals surface area contributed by atoms with E-state index in [1.54, 1.807) is 0 Å². The molecule has 90 valence electrons. The molecule has 17 heavy (non-hydrogen) atoms. The number of nitrogens with zero attached hydrogens (tertiary/aromatic N) is 2. The van der Waals surface area contributed by atoms with Crippen LogP contribution in [0.25, 0.3) is 0 Å². The van der Waals surface area contributed by atoms with Gasteiger partial charge < -0.3 is 10.2 Å². The summed E-state index contributed by atoms with van der Waals surface area (Å²) in [6, 6.07) is 10.5. The monoisotopic (exact) mass is 229 g/mol. The van der Waals surface area contributed by atoms with Crippen molar-refractivity contribution < 1.29 is 0 Å². The molecule has 0 radical (unpaired) electrons. The molecule has 3 nitrogen and oxygen atoms in total. The molecule has 1 N–H and O–H groups in total. The van der Waals surface area contributed by atoms with Crippen molar-refractivity contribution in [1.82, 2.24) is 5.32 Å². The second-order valence-electron chi connectivity index (χ2n) is 5.29. The predicted octanol–water partition coefficient (Wildman–Crippen LogP) is 2.13. The van der Waals surface area contributed by atoms with Gasteiger partial charge in [0.2, 0.25) is 0 Å². The first-order chi connectivity index (χ1) is 8.06. The number of benzene rings is 1. The first-order valence-corrected chi connectivity index (χ1v) is 6.05. The fraction of sp³-hybridized carbons (Fsp3) is 0.500. The third-order valence-corrected chi connectivity index (χ3v) is 3.37. The lowest BCUT2D eigenvalue weighted by atomic mass is 9.94. The van der Waals surface area contributed by atoms with Crippen LogP contribution in [-0.2, 0) is 0 Å². The Morgan fingerprint density at radius 2 is 2.12 bits per heavy atom. The molecule has 0 spiro atoms. The van der Waals surface area contributed by atoms with Crippen molar-refractivity contribution in [3.63, 3.8) is 0 Å². The molecular weight excluding hydrogens is 210 g/mol. The maximum atomic E-state index is 9.21. The third kappa shape index (κ3) is 2.13. The molecule has 0 aliphatic carbocycles. The van der Waals surface area contributed by atoms with E-state index in [1.807, 2.05) is 24.3 Å². The highest BCUT2D eigenvalue weighted by Crippen LogP contribution is 2.30. The Morgan fingerprint density at radius 1 is 1.41 bits per heavy atom. The highest BCUT2D eigenvalue weighted by Gasteiger charge is 2.35. The molecule has 0 saturated carbocycles. The molecule has 1 heterocycles. The molecule has 1 fully saturated rings. The Hall–Kier alpha value is -1.53. The van der Waals surface area contributed by atoms with Crippen LogP contribution in [0.1, 0.15) is 26.3 Å². The van der Waals surface area contributed by atoms with Crippen molar-refractivity contribution in [3.8, 4) is 6.07 Å². The van der Waals surface area contributed by atoms with E-state index in [1.165, 1.54) is 0 Å². The lowest BCUT2D eigenvalue weighted by Gasteiger charge is -2.49. The van der Waals surface area contributed by atoms with Gasteiger partial charge in [0.25, 0.3) is 0 Å². The van der Waals surface area contributed by atoms with Gasteiger partial charge in [0.1, 0.15) is 6.07 Å². The number of anilines is 1. The molecule has 1 unspecified atom stereocenters. The van der Waals surface area contributed by atoms with Gasteiger partial charge in [-0.25, -0.2) is 0 Å². The summed E-state index contributed by atoms with van der Waals surface area (Å²) in [5, 5.41) is 12.7. The normalized spacial score (nSPS) is 23.2. The van der Waals surface area contributed by atoms with Crippen molar-refractivity contribution >= 4 is 5.69 Å². The van der Waals surface area contributed by atoms with Crippen LogP contribution in [0.5, 0.6) is 0 Å². The second kappa shape index (κ2) is 4.38. The fourth-order valence-corrected chi connectivity index (χ4v) is 2.70. The number of piperazine rings is 1. The van der Waals surface area contributed by atoms with Gasteiger partial charge in [-0.2, -0.15) is 5.26 Å². The Kier molecular flexibility index (Phi) is 3.08. The Bertz CT molecular complexity index is 445. The number of para-hydroxylation sites is 1. The van der Waals surface area contributed by atoms with Gasteiger partial charge in [0, 0.05) is 24.7 Å². The van der Waals surface area contributed by atoms with Crippen molar-refractivity contribution in [3.05, 3.63) is 29.8 Å². The minimum Gasteiger partial charge on any atom is -0.360 e. The second-order valence-corrected chi connectivity index (χ2v) is 5.29. The molecule has 3 heteroatoms. The van der Waals surface area contributed by atoms with E-state index in [-0.39, 0.29) is 5.54 Å². The van der Waals surface area contributed by atoms with Crippen molar-refractivity contribution in [2.45, 2.75) is 32.4 Å². The SMILES string of the molecule is CC1CNCC(C)(C)N1c1ccccc1C#N. The smallest absolute Gasteiger partial charge is 0.101 e. The molecule has 2 rings (SSSR count). The van der Waals surface area contributed by atoms with Gasteiger partial charge in [-0.05, 0) is 32.9 Å². The molecule has 1 aliphatic rings. The predicted molar refractivity (Wildman–Crippen MR) is 70.0 cm³/mol. The zero-order chi connectivity index (χ0) is 12.5. The van der Waals surface area contributed by atoms with Crippen molar-refractivity contribution in [1.29, 1.82) is 5.26 Å². The van der Waals surface area contributed by atoms with E-state index < -0.39 is 0 Å². The van der Waals surface area contributed by atoms with Gasteiger partial charge in [-0.1, -0.05) is 12.1 Å². The van der Waals surface area contributed by atoms with Crippen LogP contribution >= 0.6 is 0 Å². The zero-order valence-electron chi connectivity index (χ0n) is 10.7. The first-order valence-electron chi connectivity index (χ1n) is 6.05. The van der Waals surface area contributed by atoms with E-state index in [9.17, 15) is 5.26 Å². The Morgan fingerprint density at radius 3 is 2.76 bits per heavy atom. The van der Waals surface area contributed by atoms with Crippen LogP contribution in [0.4, 0.5) is 5.69 Å². The van der Waals surface area contributed by atoms with Gasteiger partial charge in [0.15, 0.2) is 0 Å². The molecule has 0 bridgehead atoms. The molecule has 1 atom stereocenters. The number of nitriles is 1. The largest absolute Gasteiger partial charge is 0.360 e. The number of hydrogen-bond donors (Lipinski definition) is 1. The topological polar surface area (TPSA) is 39.1 Å². The summed E-state index contributed by atoms with van der Waals surface area (Å²) >= 11 is 0. The molecule has 1 aromatic rings. The highest BCUT2D eigenvalue weighted by molar-refractivity contribution is 5.61. The first kappa shape index (κ1) is 11.9. The number of rotatable bonds is 1. The Balaban J connectivity index is 2.46. The summed E-state index contributed by atoms with van der Waals surface area (Å²) in [4.78, 5) is 2.36. The van der Waals surface area contributed by atoms with Crippen LogP contribution in [0, 0.1) is 11.3 Å². The van der Waals surface area contributed by atoms with Crippen molar-refractivity contribution in [2.24, 2.45) is 0 Å². The third-order valence-electron chi connectivity index (χ3n) is 3.37. The van der Waals surface area contributed by atoms with Crippen LogP contribution in [-0.4, -0.2) is 24.7 Å². The average Bonchev–Trinajstić information content (AvgIpc) is 2.28.